The predicted octanol–water partition coefficient (Wildman–Crippen LogP) is 3.30. The molecule has 2 heterocycles. The van der Waals surface area contributed by atoms with Gasteiger partial charge in [0.25, 0.3) is 0 Å². The molecule has 1 saturated carbocycles. The predicted molar refractivity (Wildman–Crippen MR) is 81.6 cm³/mol. The van der Waals surface area contributed by atoms with Crippen molar-refractivity contribution in [2.45, 2.75) is 32.1 Å². The van der Waals surface area contributed by atoms with Gasteiger partial charge in [-0.3, -0.25) is 0 Å². The lowest BCUT2D eigenvalue weighted by Crippen LogP contribution is -2.42. The Labute approximate surface area is 123 Å². The van der Waals surface area contributed by atoms with Gasteiger partial charge in [-0.05, 0) is 40.6 Å². The molecule has 2 fully saturated rings. The van der Waals surface area contributed by atoms with Crippen molar-refractivity contribution in [2.75, 3.05) is 30.4 Å². The summed E-state index contributed by atoms with van der Waals surface area (Å²) in [4.78, 5) is 11.1. The number of halogens is 1. The minimum Gasteiger partial charge on any atom is -0.372 e. The Bertz CT molecular complexity index is 451. The van der Waals surface area contributed by atoms with Gasteiger partial charge in [-0.25, -0.2) is 9.97 Å². The molecule has 2 atom stereocenters. The van der Waals surface area contributed by atoms with Crippen LogP contribution in [0.15, 0.2) is 10.8 Å². The first kappa shape index (κ1) is 13.2. The van der Waals surface area contributed by atoms with Gasteiger partial charge in [0, 0.05) is 20.1 Å². The smallest absolute Gasteiger partial charge is 0.148 e. The number of nitrogens with one attached hydrogen (secondary N) is 1. The molecule has 0 spiro atoms. The second-order valence-corrected chi connectivity index (χ2v) is 6.44. The molecule has 1 aliphatic carbocycles. The van der Waals surface area contributed by atoms with E-state index in [0.29, 0.717) is 0 Å². The molecule has 1 aromatic heterocycles. The van der Waals surface area contributed by atoms with Crippen molar-refractivity contribution in [1.82, 2.24) is 9.97 Å². The van der Waals surface area contributed by atoms with Crippen molar-refractivity contribution in [1.29, 1.82) is 0 Å². The zero-order valence-corrected chi connectivity index (χ0v) is 13.0. The lowest BCUT2D eigenvalue weighted by molar-refractivity contribution is 0.202. The molecule has 2 aliphatic rings. The van der Waals surface area contributed by atoms with Gasteiger partial charge < -0.3 is 10.2 Å². The number of piperidine rings is 1. The Kier molecular flexibility index (Phi) is 3.91. The molecule has 1 aliphatic heterocycles. The first-order chi connectivity index (χ1) is 9.29. The topological polar surface area (TPSA) is 41.1 Å². The van der Waals surface area contributed by atoms with E-state index in [1.54, 1.807) is 6.33 Å². The Morgan fingerprint density at radius 2 is 2.00 bits per heavy atom. The maximum atomic E-state index is 4.48. The summed E-state index contributed by atoms with van der Waals surface area (Å²) in [6, 6.07) is 0. The van der Waals surface area contributed by atoms with E-state index in [-0.39, 0.29) is 0 Å². The first-order valence-electron chi connectivity index (χ1n) is 7.22. The maximum Gasteiger partial charge on any atom is 0.148 e. The second kappa shape index (κ2) is 5.65. The van der Waals surface area contributed by atoms with Crippen molar-refractivity contribution >= 4 is 27.6 Å². The van der Waals surface area contributed by atoms with Crippen LogP contribution >= 0.6 is 15.9 Å². The number of hydrogen-bond donors (Lipinski definition) is 1. The molecule has 104 valence electrons. The van der Waals surface area contributed by atoms with Gasteiger partial charge in [0.15, 0.2) is 0 Å². The van der Waals surface area contributed by atoms with Crippen LogP contribution in [-0.4, -0.2) is 30.1 Å². The fourth-order valence-electron chi connectivity index (χ4n) is 3.55. The number of aromatic nitrogens is 2. The summed E-state index contributed by atoms with van der Waals surface area (Å²) in [6.07, 6.45) is 8.63. The molecule has 1 saturated heterocycles. The zero-order valence-electron chi connectivity index (χ0n) is 11.4. The molecule has 0 amide bonds. The van der Waals surface area contributed by atoms with E-state index in [1.807, 2.05) is 7.05 Å². The molecule has 3 rings (SSSR count). The Balaban J connectivity index is 1.79. The van der Waals surface area contributed by atoms with Gasteiger partial charge in [-0.1, -0.05) is 19.3 Å². The summed E-state index contributed by atoms with van der Waals surface area (Å²) in [6.45, 7) is 2.28. The van der Waals surface area contributed by atoms with Crippen LogP contribution in [0.5, 0.6) is 0 Å². The highest BCUT2D eigenvalue weighted by molar-refractivity contribution is 9.10. The summed E-state index contributed by atoms with van der Waals surface area (Å²) in [7, 11) is 1.89. The summed E-state index contributed by atoms with van der Waals surface area (Å²) < 4.78 is 0.992. The van der Waals surface area contributed by atoms with Crippen LogP contribution in [0.4, 0.5) is 11.6 Å². The zero-order chi connectivity index (χ0) is 13.2. The third kappa shape index (κ3) is 2.57. The van der Waals surface area contributed by atoms with E-state index in [1.165, 1.54) is 32.1 Å². The number of hydrogen-bond acceptors (Lipinski definition) is 4. The van der Waals surface area contributed by atoms with E-state index >= 15 is 0 Å². The second-order valence-electron chi connectivity index (χ2n) is 5.65. The lowest BCUT2D eigenvalue weighted by Gasteiger charge is -2.42. The first-order valence-corrected chi connectivity index (χ1v) is 8.02. The van der Waals surface area contributed by atoms with Gasteiger partial charge in [-0.2, -0.15) is 0 Å². The standard InChI is InChI=1S/C14H21BrN4/c1-16-13-12(15)14(18-9-17-13)19-7-6-10-4-2-3-5-11(10)8-19/h9-11H,2-8H2,1H3,(H,16,17,18). The molecule has 19 heavy (non-hydrogen) atoms. The van der Waals surface area contributed by atoms with E-state index in [2.05, 4.69) is 36.1 Å². The van der Waals surface area contributed by atoms with E-state index in [4.69, 9.17) is 0 Å². The largest absolute Gasteiger partial charge is 0.372 e. The highest BCUT2D eigenvalue weighted by Gasteiger charge is 2.32. The molecular weight excluding hydrogens is 304 g/mol. The van der Waals surface area contributed by atoms with Crippen molar-refractivity contribution < 1.29 is 0 Å². The van der Waals surface area contributed by atoms with Crippen LogP contribution in [0.1, 0.15) is 32.1 Å². The Hall–Kier alpha value is -0.840. The molecule has 0 bridgehead atoms. The number of nitrogens with zero attached hydrogens (tertiary/aromatic N) is 3. The summed E-state index contributed by atoms with van der Waals surface area (Å²) in [5, 5.41) is 3.11. The SMILES string of the molecule is CNc1ncnc(N2CCC3CCCCC3C2)c1Br. The summed E-state index contributed by atoms with van der Waals surface area (Å²) >= 11 is 3.64. The summed E-state index contributed by atoms with van der Waals surface area (Å²) in [5.41, 5.74) is 0. The van der Waals surface area contributed by atoms with Crippen LogP contribution < -0.4 is 10.2 Å². The van der Waals surface area contributed by atoms with E-state index in [9.17, 15) is 0 Å². The van der Waals surface area contributed by atoms with Crippen molar-refractivity contribution in [3.63, 3.8) is 0 Å². The van der Waals surface area contributed by atoms with E-state index < -0.39 is 0 Å². The molecule has 5 heteroatoms. The normalized spacial score (nSPS) is 26.9. The fraction of sp³-hybridized carbons (Fsp3) is 0.714. The quantitative estimate of drug-likeness (QED) is 0.906. The fourth-order valence-corrected chi connectivity index (χ4v) is 4.20. The average Bonchev–Trinajstić information content (AvgIpc) is 2.47. The molecular formula is C14H21BrN4. The van der Waals surface area contributed by atoms with Gasteiger partial charge in [0.1, 0.15) is 22.4 Å². The molecule has 0 radical (unpaired) electrons. The summed E-state index contributed by atoms with van der Waals surface area (Å²) in [5.74, 6) is 3.73. The molecule has 0 aromatic carbocycles. The van der Waals surface area contributed by atoms with Gasteiger partial charge in [-0.15, -0.1) is 0 Å². The molecule has 1 N–H and O–H groups in total. The highest BCUT2D eigenvalue weighted by Crippen LogP contribution is 2.39. The van der Waals surface area contributed by atoms with Crippen molar-refractivity contribution in [3.8, 4) is 0 Å². The third-order valence-electron chi connectivity index (χ3n) is 4.60. The minimum absolute atomic E-state index is 0.863. The van der Waals surface area contributed by atoms with Crippen molar-refractivity contribution in [3.05, 3.63) is 10.8 Å². The highest BCUT2D eigenvalue weighted by atomic mass is 79.9. The van der Waals surface area contributed by atoms with E-state index in [0.717, 1.165) is 41.0 Å². The lowest BCUT2D eigenvalue weighted by atomic mass is 9.75. The van der Waals surface area contributed by atoms with Gasteiger partial charge in [0.2, 0.25) is 0 Å². The Morgan fingerprint density at radius 1 is 1.21 bits per heavy atom. The van der Waals surface area contributed by atoms with Crippen LogP contribution in [-0.2, 0) is 0 Å². The Morgan fingerprint density at radius 3 is 2.79 bits per heavy atom. The average molecular weight is 325 g/mol. The number of anilines is 2. The number of fused-ring (bicyclic) bond motifs is 1. The van der Waals surface area contributed by atoms with Gasteiger partial charge in [0.05, 0.1) is 0 Å². The maximum absolute atomic E-state index is 4.48. The number of rotatable bonds is 2. The monoisotopic (exact) mass is 324 g/mol. The van der Waals surface area contributed by atoms with Crippen LogP contribution in [0, 0.1) is 11.8 Å². The molecule has 4 nitrogen and oxygen atoms in total. The molecule has 2 unspecified atom stereocenters. The van der Waals surface area contributed by atoms with Crippen LogP contribution in [0.3, 0.4) is 0 Å². The van der Waals surface area contributed by atoms with Crippen LogP contribution in [0.25, 0.3) is 0 Å². The third-order valence-corrected chi connectivity index (χ3v) is 5.33. The van der Waals surface area contributed by atoms with Crippen molar-refractivity contribution in [2.24, 2.45) is 11.8 Å². The molecule has 1 aromatic rings. The minimum atomic E-state index is 0.863. The van der Waals surface area contributed by atoms with Crippen LogP contribution in [0.2, 0.25) is 0 Å². The van der Waals surface area contributed by atoms with Gasteiger partial charge >= 0.3 is 0 Å².